The zero-order chi connectivity index (χ0) is 13.7. The van der Waals surface area contributed by atoms with E-state index in [0.717, 1.165) is 26.0 Å². The lowest BCUT2D eigenvalue weighted by Crippen LogP contribution is -2.63. The van der Waals surface area contributed by atoms with E-state index in [1.807, 2.05) is 0 Å². The first kappa shape index (κ1) is 15.3. The molecule has 1 spiro atoms. The molecule has 0 aromatic rings. The molecule has 2 fully saturated rings. The van der Waals surface area contributed by atoms with Crippen LogP contribution in [0.3, 0.4) is 0 Å². The van der Waals surface area contributed by atoms with E-state index in [2.05, 4.69) is 19.2 Å². The van der Waals surface area contributed by atoms with E-state index < -0.39 is 0 Å². The first-order valence-corrected chi connectivity index (χ1v) is 8.22. The summed E-state index contributed by atoms with van der Waals surface area (Å²) in [5, 5.41) is 12.9. The Balaban J connectivity index is 1.83. The number of rotatable bonds is 8. The van der Waals surface area contributed by atoms with Gasteiger partial charge in [0.2, 0.25) is 0 Å². The monoisotopic (exact) mass is 269 g/mol. The van der Waals surface area contributed by atoms with Gasteiger partial charge in [0.1, 0.15) is 0 Å². The summed E-state index contributed by atoms with van der Waals surface area (Å²) in [5.41, 5.74) is 0.438. The molecule has 0 amide bonds. The number of ether oxygens (including phenoxy) is 1. The van der Waals surface area contributed by atoms with Crippen LogP contribution in [0.2, 0.25) is 0 Å². The highest BCUT2D eigenvalue weighted by Gasteiger charge is 2.56. The van der Waals surface area contributed by atoms with Crippen LogP contribution >= 0.6 is 0 Å². The van der Waals surface area contributed by atoms with E-state index >= 15 is 0 Å². The molecule has 19 heavy (non-hydrogen) atoms. The van der Waals surface area contributed by atoms with Crippen molar-refractivity contribution >= 4 is 0 Å². The first-order chi connectivity index (χ1) is 9.26. The zero-order valence-electron chi connectivity index (χ0n) is 12.7. The van der Waals surface area contributed by atoms with Crippen molar-refractivity contribution < 1.29 is 9.84 Å². The van der Waals surface area contributed by atoms with Crippen LogP contribution in [0.15, 0.2) is 0 Å². The van der Waals surface area contributed by atoms with Crippen LogP contribution in [-0.4, -0.2) is 37.0 Å². The van der Waals surface area contributed by atoms with Crippen LogP contribution in [0.5, 0.6) is 0 Å². The number of aliphatic hydroxyl groups is 1. The minimum Gasteiger partial charge on any atom is -0.396 e. The molecule has 112 valence electrons. The van der Waals surface area contributed by atoms with E-state index in [4.69, 9.17) is 9.84 Å². The molecule has 0 radical (unpaired) electrons. The minimum absolute atomic E-state index is 0.317. The number of hydrogen-bond acceptors (Lipinski definition) is 3. The van der Waals surface area contributed by atoms with E-state index in [1.54, 1.807) is 0 Å². The Bertz CT molecular complexity index is 263. The van der Waals surface area contributed by atoms with Gasteiger partial charge < -0.3 is 15.2 Å². The molecule has 2 aliphatic rings. The highest BCUT2D eigenvalue weighted by atomic mass is 16.5. The summed E-state index contributed by atoms with van der Waals surface area (Å²) in [5.74, 6) is 0.620. The summed E-state index contributed by atoms with van der Waals surface area (Å²) >= 11 is 0. The average Bonchev–Trinajstić information content (AvgIpc) is 2.93. The second-order valence-corrected chi connectivity index (χ2v) is 6.37. The molecule has 0 bridgehead atoms. The van der Waals surface area contributed by atoms with Gasteiger partial charge in [-0.3, -0.25) is 0 Å². The molecule has 0 aliphatic heterocycles. The Morgan fingerprint density at radius 1 is 1.32 bits per heavy atom. The van der Waals surface area contributed by atoms with Crippen LogP contribution in [0, 0.1) is 11.3 Å². The average molecular weight is 269 g/mol. The van der Waals surface area contributed by atoms with Gasteiger partial charge in [0, 0.05) is 24.7 Å². The SMILES string of the molecule is CCOC1CC(NCC(CC)CCO)C12CCCC2. The van der Waals surface area contributed by atoms with Crippen LogP contribution in [0.4, 0.5) is 0 Å². The highest BCUT2D eigenvalue weighted by molar-refractivity contribution is 5.10. The Morgan fingerprint density at radius 2 is 2.05 bits per heavy atom. The molecule has 0 heterocycles. The molecule has 3 nitrogen and oxygen atoms in total. The highest BCUT2D eigenvalue weighted by Crippen LogP contribution is 2.54. The molecule has 3 heteroatoms. The van der Waals surface area contributed by atoms with Crippen molar-refractivity contribution in [1.29, 1.82) is 0 Å². The summed E-state index contributed by atoms with van der Waals surface area (Å²) in [4.78, 5) is 0. The van der Waals surface area contributed by atoms with Gasteiger partial charge in [0.15, 0.2) is 0 Å². The maximum absolute atomic E-state index is 9.07. The molecule has 0 aromatic heterocycles. The molecule has 2 aliphatic carbocycles. The van der Waals surface area contributed by atoms with Crippen LogP contribution in [0.1, 0.15) is 58.8 Å². The Morgan fingerprint density at radius 3 is 2.63 bits per heavy atom. The third kappa shape index (κ3) is 3.14. The second-order valence-electron chi connectivity index (χ2n) is 6.37. The largest absolute Gasteiger partial charge is 0.396 e. The zero-order valence-corrected chi connectivity index (χ0v) is 12.7. The van der Waals surface area contributed by atoms with Crippen molar-refractivity contribution in [2.24, 2.45) is 11.3 Å². The van der Waals surface area contributed by atoms with Crippen molar-refractivity contribution in [1.82, 2.24) is 5.32 Å². The summed E-state index contributed by atoms with van der Waals surface area (Å²) < 4.78 is 5.95. The van der Waals surface area contributed by atoms with Crippen molar-refractivity contribution in [2.45, 2.75) is 70.9 Å². The number of hydrogen-bond donors (Lipinski definition) is 2. The number of nitrogens with one attached hydrogen (secondary N) is 1. The third-order valence-electron chi connectivity index (χ3n) is 5.45. The lowest BCUT2D eigenvalue weighted by Gasteiger charge is -2.54. The summed E-state index contributed by atoms with van der Waals surface area (Å²) in [7, 11) is 0. The van der Waals surface area contributed by atoms with Gasteiger partial charge in [0.25, 0.3) is 0 Å². The third-order valence-corrected chi connectivity index (χ3v) is 5.45. The van der Waals surface area contributed by atoms with Crippen LogP contribution < -0.4 is 5.32 Å². The van der Waals surface area contributed by atoms with Gasteiger partial charge in [-0.2, -0.15) is 0 Å². The van der Waals surface area contributed by atoms with Gasteiger partial charge in [-0.1, -0.05) is 26.2 Å². The van der Waals surface area contributed by atoms with Gasteiger partial charge in [-0.05, 0) is 45.1 Å². The van der Waals surface area contributed by atoms with Crippen LogP contribution in [0.25, 0.3) is 0 Å². The topological polar surface area (TPSA) is 41.5 Å². The van der Waals surface area contributed by atoms with E-state index in [9.17, 15) is 0 Å². The molecule has 3 unspecified atom stereocenters. The fourth-order valence-corrected chi connectivity index (χ4v) is 4.11. The van der Waals surface area contributed by atoms with E-state index in [-0.39, 0.29) is 0 Å². The molecular weight excluding hydrogens is 238 g/mol. The number of aliphatic hydroxyl groups excluding tert-OH is 1. The smallest absolute Gasteiger partial charge is 0.0661 e. The van der Waals surface area contributed by atoms with E-state index in [0.29, 0.717) is 30.1 Å². The fourth-order valence-electron chi connectivity index (χ4n) is 4.11. The summed E-state index contributed by atoms with van der Waals surface area (Å²) in [6.45, 7) is 6.55. The lowest BCUT2D eigenvalue weighted by molar-refractivity contribution is -0.130. The fraction of sp³-hybridized carbons (Fsp3) is 1.00. The van der Waals surface area contributed by atoms with Crippen molar-refractivity contribution in [2.75, 3.05) is 19.8 Å². The quantitative estimate of drug-likeness (QED) is 0.712. The minimum atomic E-state index is 0.317. The summed E-state index contributed by atoms with van der Waals surface area (Å²) in [6.07, 6.45) is 9.18. The molecular formula is C16H31NO2. The molecule has 3 atom stereocenters. The molecule has 0 saturated heterocycles. The van der Waals surface area contributed by atoms with Crippen molar-refractivity contribution in [3.05, 3.63) is 0 Å². The van der Waals surface area contributed by atoms with Crippen molar-refractivity contribution in [3.63, 3.8) is 0 Å². The predicted octanol–water partition coefficient (Wildman–Crippen LogP) is 2.72. The van der Waals surface area contributed by atoms with Gasteiger partial charge in [-0.25, -0.2) is 0 Å². The first-order valence-electron chi connectivity index (χ1n) is 8.22. The maximum Gasteiger partial charge on any atom is 0.0661 e. The standard InChI is InChI=1S/C16H31NO2/c1-3-13(7-10-18)12-17-14-11-15(19-4-2)16(14)8-5-6-9-16/h13-15,17-18H,3-12H2,1-2H3. The lowest BCUT2D eigenvalue weighted by atomic mass is 9.60. The Labute approximate surface area is 118 Å². The van der Waals surface area contributed by atoms with Crippen molar-refractivity contribution in [3.8, 4) is 0 Å². The predicted molar refractivity (Wildman–Crippen MR) is 78.2 cm³/mol. The molecule has 2 saturated carbocycles. The maximum atomic E-state index is 9.07. The molecule has 2 rings (SSSR count). The summed E-state index contributed by atoms with van der Waals surface area (Å²) in [6, 6.07) is 0.652. The Hall–Kier alpha value is -0.120. The van der Waals surface area contributed by atoms with Crippen LogP contribution in [-0.2, 0) is 4.74 Å². The van der Waals surface area contributed by atoms with E-state index in [1.165, 1.54) is 32.1 Å². The molecule has 0 aromatic carbocycles. The van der Waals surface area contributed by atoms with Gasteiger partial charge in [0.05, 0.1) is 6.10 Å². The molecule has 2 N–H and O–H groups in total. The van der Waals surface area contributed by atoms with Gasteiger partial charge >= 0.3 is 0 Å². The normalized spacial score (nSPS) is 30.5. The van der Waals surface area contributed by atoms with Gasteiger partial charge in [-0.15, -0.1) is 0 Å². The second kappa shape index (κ2) is 7.05. The Kier molecular flexibility index (Phi) is 5.67.